The molecule has 0 aromatic heterocycles. The third-order valence-corrected chi connectivity index (χ3v) is 4.97. The Labute approximate surface area is 118 Å². The van der Waals surface area contributed by atoms with Crippen molar-refractivity contribution in [3.05, 3.63) is 24.0 Å². The van der Waals surface area contributed by atoms with Crippen LogP contribution in [0, 0.1) is 11.2 Å². The molecule has 2 rings (SSSR count). The predicted octanol–water partition coefficient (Wildman–Crippen LogP) is 1.50. The smallest absolute Gasteiger partial charge is 0.240 e. The van der Waals surface area contributed by atoms with Gasteiger partial charge < -0.3 is 10.5 Å². The van der Waals surface area contributed by atoms with Crippen molar-refractivity contribution >= 4 is 15.7 Å². The monoisotopic (exact) mass is 302 g/mol. The number of anilines is 1. The van der Waals surface area contributed by atoms with Gasteiger partial charge in [0, 0.05) is 25.4 Å². The molecule has 0 atom stereocenters. The van der Waals surface area contributed by atoms with Crippen LogP contribution in [0.5, 0.6) is 0 Å². The van der Waals surface area contributed by atoms with E-state index in [1.807, 2.05) is 6.92 Å². The third-order valence-electron chi connectivity index (χ3n) is 3.59. The Kier molecular flexibility index (Phi) is 4.31. The lowest BCUT2D eigenvalue weighted by Crippen LogP contribution is -2.39. The highest BCUT2D eigenvalue weighted by Gasteiger charge is 2.29. The van der Waals surface area contributed by atoms with Gasteiger partial charge >= 0.3 is 0 Å². The summed E-state index contributed by atoms with van der Waals surface area (Å²) >= 11 is 0. The second kappa shape index (κ2) is 5.67. The van der Waals surface area contributed by atoms with Crippen molar-refractivity contribution in [2.75, 3.05) is 25.5 Å². The van der Waals surface area contributed by atoms with Gasteiger partial charge in [0.2, 0.25) is 10.0 Å². The van der Waals surface area contributed by atoms with Crippen LogP contribution < -0.4 is 10.5 Å². The van der Waals surface area contributed by atoms with Gasteiger partial charge in [0.25, 0.3) is 0 Å². The second-order valence-corrected chi connectivity index (χ2v) is 7.23. The summed E-state index contributed by atoms with van der Waals surface area (Å²) in [5.41, 5.74) is 5.42. The summed E-state index contributed by atoms with van der Waals surface area (Å²) in [5.74, 6) is -0.664. The normalized spacial score (nSPS) is 18.9. The molecule has 5 nitrogen and oxygen atoms in total. The molecule has 1 fully saturated rings. The van der Waals surface area contributed by atoms with E-state index >= 15 is 0 Å². The quantitative estimate of drug-likeness (QED) is 0.826. The summed E-state index contributed by atoms with van der Waals surface area (Å²) in [6.45, 7) is 3.57. The van der Waals surface area contributed by atoms with E-state index in [0.29, 0.717) is 19.8 Å². The fraction of sp³-hybridized carbons (Fsp3) is 0.538. The van der Waals surface area contributed by atoms with Crippen molar-refractivity contribution in [2.24, 2.45) is 5.41 Å². The highest BCUT2D eigenvalue weighted by Crippen LogP contribution is 2.29. The molecule has 0 aliphatic carbocycles. The molecule has 3 N–H and O–H groups in total. The molecule has 1 saturated heterocycles. The van der Waals surface area contributed by atoms with E-state index in [4.69, 9.17) is 10.5 Å². The van der Waals surface area contributed by atoms with E-state index in [1.165, 1.54) is 6.07 Å². The molecule has 0 radical (unpaired) electrons. The van der Waals surface area contributed by atoms with Crippen LogP contribution in [0.2, 0.25) is 0 Å². The maximum Gasteiger partial charge on any atom is 0.240 e. The summed E-state index contributed by atoms with van der Waals surface area (Å²) < 4.78 is 45.4. The van der Waals surface area contributed by atoms with Gasteiger partial charge in [0.15, 0.2) is 0 Å². The summed E-state index contributed by atoms with van der Waals surface area (Å²) in [6, 6.07) is 3.29. The third kappa shape index (κ3) is 3.68. The van der Waals surface area contributed by atoms with Crippen molar-refractivity contribution in [3.8, 4) is 0 Å². The summed E-state index contributed by atoms with van der Waals surface area (Å²) in [4.78, 5) is -0.148. The Hall–Kier alpha value is -1.18. The summed E-state index contributed by atoms with van der Waals surface area (Å²) in [7, 11) is -3.75. The number of benzene rings is 1. The molecule has 1 heterocycles. The van der Waals surface area contributed by atoms with Crippen LogP contribution >= 0.6 is 0 Å². The minimum absolute atomic E-state index is 0.0858. The van der Waals surface area contributed by atoms with E-state index in [2.05, 4.69) is 4.72 Å². The van der Waals surface area contributed by atoms with Crippen molar-refractivity contribution in [3.63, 3.8) is 0 Å². The predicted molar refractivity (Wildman–Crippen MR) is 74.2 cm³/mol. The molecule has 0 unspecified atom stereocenters. The highest BCUT2D eigenvalue weighted by molar-refractivity contribution is 7.89. The minimum Gasteiger partial charge on any atom is -0.399 e. The fourth-order valence-corrected chi connectivity index (χ4v) is 3.40. The molecule has 1 aromatic carbocycles. The van der Waals surface area contributed by atoms with Crippen LogP contribution in [-0.4, -0.2) is 28.2 Å². The number of hydrogen-bond donors (Lipinski definition) is 2. The Bertz CT molecular complexity index is 563. The molecule has 112 valence electrons. The zero-order valence-electron chi connectivity index (χ0n) is 11.4. The van der Waals surface area contributed by atoms with Gasteiger partial charge in [-0.25, -0.2) is 17.5 Å². The van der Waals surface area contributed by atoms with Gasteiger partial charge in [0.1, 0.15) is 5.82 Å². The lowest BCUT2D eigenvalue weighted by molar-refractivity contribution is 0.0265. The van der Waals surface area contributed by atoms with Crippen molar-refractivity contribution in [1.82, 2.24) is 4.72 Å². The van der Waals surface area contributed by atoms with Gasteiger partial charge in [-0.2, -0.15) is 0 Å². The summed E-state index contributed by atoms with van der Waals surface area (Å²) in [5, 5.41) is 0. The van der Waals surface area contributed by atoms with Crippen LogP contribution in [0.3, 0.4) is 0 Å². The Morgan fingerprint density at radius 1 is 1.35 bits per heavy atom. The van der Waals surface area contributed by atoms with Gasteiger partial charge in [-0.1, -0.05) is 6.92 Å². The molecule has 0 amide bonds. The molecular weight excluding hydrogens is 283 g/mol. The zero-order valence-corrected chi connectivity index (χ0v) is 12.2. The van der Waals surface area contributed by atoms with Gasteiger partial charge in [-0.3, -0.25) is 0 Å². The molecule has 1 aliphatic rings. The van der Waals surface area contributed by atoms with E-state index in [-0.39, 0.29) is 16.0 Å². The first kappa shape index (κ1) is 15.2. The number of nitrogens with two attached hydrogens (primary N) is 1. The zero-order chi connectivity index (χ0) is 14.8. The molecule has 7 heteroatoms. The first-order chi connectivity index (χ1) is 9.31. The number of nitrogens with one attached hydrogen (secondary N) is 1. The standard InChI is InChI=1S/C13H19FN2O3S/c1-13(2-4-19-5-3-13)9-16-20(17,18)12-7-10(14)6-11(15)8-12/h6-8,16H,2-5,9,15H2,1H3. The first-order valence-corrected chi connectivity index (χ1v) is 7.93. The maximum atomic E-state index is 13.2. The molecule has 0 saturated carbocycles. The molecule has 1 aliphatic heterocycles. The van der Waals surface area contributed by atoms with Gasteiger partial charge in [-0.05, 0) is 36.5 Å². The van der Waals surface area contributed by atoms with Crippen LogP contribution in [-0.2, 0) is 14.8 Å². The number of hydrogen-bond acceptors (Lipinski definition) is 4. The topological polar surface area (TPSA) is 81.4 Å². The molecule has 1 aromatic rings. The van der Waals surface area contributed by atoms with Crippen LogP contribution in [0.4, 0.5) is 10.1 Å². The summed E-state index contributed by atoms with van der Waals surface area (Å²) in [6.07, 6.45) is 1.58. The first-order valence-electron chi connectivity index (χ1n) is 6.44. The van der Waals surface area contributed by atoms with Crippen molar-refractivity contribution < 1.29 is 17.5 Å². The number of halogens is 1. The van der Waals surface area contributed by atoms with E-state index in [1.54, 1.807) is 0 Å². The Morgan fingerprint density at radius 3 is 2.60 bits per heavy atom. The SMILES string of the molecule is CC1(CNS(=O)(=O)c2cc(N)cc(F)c2)CCOCC1. The molecule has 0 bridgehead atoms. The average molecular weight is 302 g/mol. The largest absolute Gasteiger partial charge is 0.399 e. The maximum absolute atomic E-state index is 13.2. The lowest BCUT2D eigenvalue weighted by Gasteiger charge is -2.33. The Morgan fingerprint density at radius 2 is 2.00 bits per heavy atom. The van der Waals surface area contributed by atoms with Crippen LogP contribution in [0.15, 0.2) is 23.1 Å². The number of rotatable bonds is 4. The minimum atomic E-state index is -3.75. The number of ether oxygens (including phenoxy) is 1. The molecule has 0 spiro atoms. The number of nitrogen functional groups attached to an aromatic ring is 1. The van der Waals surface area contributed by atoms with E-state index in [9.17, 15) is 12.8 Å². The van der Waals surface area contributed by atoms with Crippen molar-refractivity contribution in [1.29, 1.82) is 0 Å². The van der Waals surface area contributed by atoms with Gasteiger partial charge in [-0.15, -0.1) is 0 Å². The highest BCUT2D eigenvalue weighted by atomic mass is 32.2. The second-order valence-electron chi connectivity index (χ2n) is 5.47. The van der Waals surface area contributed by atoms with E-state index < -0.39 is 15.8 Å². The Balaban J connectivity index is 2.11. The van der Waals surface area contributed by atoms with Crippen LogP contribution in [0.25, 0.3) is 0 Å². The fourth-order valence-electron chi connectivity index (χ4n) is 2.13. The average Bonchev–Trinajstić information content (AvgIpc) is 2.37. The van der Waals surface area contributed by atoms with Gasteiger partial charge in [0.05, 0.1) is 4.90 Å². The lowest BCUT2D eigenvalue weighted by atomic mass is 9.83. The van der Waals surface area contributed by atoms with E-state index in [0.717, 1.165) is 25.0 Å². The number of sulfonamides is 1. The molecular formula is C13H19FN2O3S. The molecule has 20 heavy (non-hydrogen) atoms. The van der Waals surface area contributed by atoms with Crippen LogP contribution in [0.1, 0.15) is 19.8 Å². The van der Waals surface area contributed by atoms with Crippen molar-refractivity contribution in [2.45, 2.75) is 24.7 Å².